The van der Waals surface area contributed by atoms with Crippen LogP contribution in [0.25, 0.3) is 11.0 Å². The lowest BCUT2D eigenvalue weighted by Crippen LogP contribution is -2.39. The van der Waals surface area contributed by atoms with Crippen molar-refractivity contribution in [1.29, 1.82) is 0 Å². The molecular formula is C26H30N4O5. The predicted octanol–water partition coefficient (Wildman–Crippen LogP) is 4.39. The number of hydrogen-bond acceptors (Lipinski definition) is 8. The molecule has 9 nitrogen and oxygen atoms in total. The van der Waals surface area contributed by atoms with Crippen molar-refractivity contribution < 1.29 is 23.8 Å². The van der Waals surface area contributed by atoms with Gasteiger partial charge in [-0.3, -0.25) is 4.79 Å². The van der Waals surface area contributed by atoms with Gasteiger partial charge in [-0.15, -0.1) is 0 Å². The molecule has 0 bridgehead atoms. The van der Waals surface area contributed by atoms with Crippen molar-refractivity contribution >= 4 is 35.0 Å². The molecule has 3 heterocycles. The highest BCUT2D eigenvalue weighted by atomic mass is 16.6. The first-order valence-electron chi connectivity index (χ1n) is 11.5. The van der Waals surface area contributed by atoms with Crippen LogP contribution in [0.2, 0.25) is 0 Å². The van der Waals surface area contributed by atoms with E-state index in [9.17, 15) is 9.59 Å². The van der Waals surface area contributed by atoms with Crippen molar-refractivity contribution in [1.82, 2.24) is 14.9 Å². The SMILES string of the molecule is COc1ccc2c(Nc3ccc4c(c3)CCN(C(=O)OC(C)(C)C)C4)c(CCOC=O)cnc2n1. The van der Waals surface area contributed by atoms with Crippen LogP contribution in [-0.4, -0.2) is 53.3 Å². The highest BCUT2D eigenvalue weighted by Crippen LogP contribution is 2.32. The number of methoxy groups -OCH3 is 1. The summed E-state index contributed by atoms with van der Waals surface area (Å²) in [5.74, 6) is 0.483. The van der Waals surface area contributed by atoms with E-state index in [0.29, 0.717) is 37.5 Å². The summed E-state index contributed by atoms with van der Waals surface area (Å²) in [6.07, 6.45) is 2.69. The molecule has 9 heteroatoms. The summed E-state index contributed by atoms with van der Waals surface area (Å²) in [6.45, 7) is 7.41. The molecule has 3 aromatic rings. The van der Waals surface area contributed by atoms with Crippen LogP contribution in [0.5, 0.6) is 5.88 Å². The van der Waals surface area contributed by atoms with Gasteiger partial charge >= 0.3 is 6.09 Å². The molecule has 0 saturated heterocycles. The number of hydrogen-bond donors (Lipinski definition) is 1. The number of pyridine rings is 2. The van der Waals surface area contributed by atoms with Crippen molar-refractivity contribution in [2.24, 2.45) is 0 Å². The van der Waals surface area contributed by atoms with Crippen molar-refractivity contribution in [3.8, 4) is 5.88 Å². The lowest BCUT2D eigenvalue weighted by molar-refractivity contribution is -0.128. The van der Waals surface area contributed by atoms with Crippen molar-refractivity contribution in [3.63, 3.8) is 0 Å². The van der Waals surface area contributed by atoms with Crippen LogP contribution in [0.4, 0.5) is 16.2 Å². The zero-order valence-corrected chi connectivity index (χ0v) is 20.5. The minimum absolute atomic E-state index is 0.250. The molecule has 0 unspecified atom stereocenters. The number of fused-ring (bicyclic) bond motifs is 2. The number of nitrogens with one attached hydrogen (secondary N) is 1. The van der Waals surface area contributed by atoms with Crippen molar-refractivity contribution in [2.45, 2.75) is 45.8 Å². The number of carbonyl (C=O) groups excluding carboxylic acids is 2. The molecule has 0 atom stereocenters. The van der Waals surface area contributed by atoms with Crippen LogP contribution in [0.1, 0.15) is 37.5 Å². The Hall–Kier alpha value is -3.88. The first kappa shape index (κ1) is 24.3. The van der Waals surface area contributed by atoms with Crippen LogP contribution in [0.3, 0.4) is 0 Å². The van der Waals surface area contributed by atoms with E-state index in [1.807, 2.05) is 39.0 Å². The zero-order valence-electron chi connectivity index (χ0n) is 20.5. The second-order valence-electron chi connectivity index (χ2n) is 9.36. The molecule has 0 aliphatic carbocycles. The van der Waals surface area contributed by atoms with Crippen LogP contribution in [0.15, 0.2) is 36.5 Å². The topological polar surface area (TPSA) is 103 Å². The Labute approximate surface area is 204 Å². The molecule has 1 aliphatic heterocycles. The van der Waals surface area contributed by atoms with Gasteiger partial charge in [0.1, 0.15) is 5.60 Å². The Morgan fingerprint density at radius 2 is 2.03 bits per heavy atom. The van der Waals surface area contributed by atoms with E-state index in [4.69, 9.17) is 14.2 Å². The van der Waals surface area contributed by atoms with Gasteiger partial charge in [-0.25, -0.2) is 9.78 Å². The highest BCUT2D eigenvalue weighted by molar-refractivity contribution is 5.93. The van der Waals surface area contributed by atoms with Crippen LogP contribution in [0, 0.1) is 0 Å². The van der Waals surface area contributed by atoms with E-state index in [0.717, 1.165) is 34.3 Å². The highest BCUT2D eigenvalue weighted by Gasteiger charge is 2.26. The first-order valence-corrected chi connectivity index (χ1v) is 11.5. The Balaban J connectivity index is 1.60. The van der Waals surface area contributed by atoms with Crippen LogP contribution >= 0.6 is 0 Å². The number of nitrogens with zero attached hydrogens (tertiary/aromatic N) is 3. The third-order valence-corrected chi connectivity index (χ3v) is 5.69. The maximum atomic E-state index is 12.5. The molecule has 1 aliphatic rings. The summed E-state index contributed by atoms with van der Waals surface area (Å²) in [5, 5.41) is 4.36. The molecule has 1 aromatic carbocycles. The summed E-state index contributed by atoms with van der Waals surface area (Å²) >= 11 is 0. The van der Waals surface area contributed by atoms with Gasteiger partial charge in [0.05, 0.1) is 19.4 Å². The van der Waals surface area contributed by atoms with Gasteiger partial charge < -0.3 is 24.4 Å². The number of anilines is 2. The fourth-order valence-corrected chi connectivity index (χ4v) is 4.03. The minimum Gasteiger partial charge on any atom is -0.481 e. The third-order valence-electron chi connectivity index (χ3n) is 5.69. The van der Waals surface area contributed by atoms with Crippen molar-refractivity contribution in [2.75, 3.05) is 25.6 Å². The van der Waals surface area contributed by atoms with E-state index in [1.165, 1.54) is 5.56 Å². The van der Waals surface area contributed by atoms with E-state index in [-0.39, 0.29) is 12.7 Å². The number of amides is 1. The number of ether oxygens (including phenoxy) is 3. The number of carbonyl (C=O) groups is 2. The Morgan fingerprint density at radius 3 is 2.77 bits per heavy atom. The van der Waals surface area contributed by atoms with E-state index >= 15 is 0 Å². The van der Waals surface area contributed by atoms with E-state index in [2.05, 4.69) is 21.4 Å². The lowest BCUT2D eigenvalue weighted by atomic mass is 9.99. The average molecular weight is 479 g/mol. The first-order chi connectivity index (χ1) is 16.8. The maximum absolute atomic E-state index is 12.5. The van der Waals surface area contributed by atoms with Gasteiger partial charge in [0.2, 0.25) is 5.88 Å². The van der Waals surface area contributed by atoms with E-state index in [1.54, 1.807) is 24.3 Å². The lowest BCUT2D eigenvalue weighted by Gasteiger charge is -2.31. The second kappa shape index (κ2) is 10.2. The molecule has 1 amide bonds. The number of benzene rings is 1. The molecule has 0 spiro atoms. The fraction of sp³-hybridized carbons (Fsp3) is 0.385. The standard InChI is InChI=1S/C26H30N4O5/c1-26(2,3)35-25(32)30-11-9-17-13-20(6-5-19(17)15-30)28-23-18(10-12-34-16-31)14-27-24-21(23)7-8-22(29-24)33-4/h5-8,13-14,16H,9-12,15H2,1-4H3,(H,27,28,29). The molecule has 35 heavy (non-hydrogen) atoms. The summed E-state index contributed by atoms with van der Waals surface area (Å²) in [7, 11) is 1.57. The second-order valence-corrected chi connectivity index (χ2v) is 9.36. The zero-order chi connectivity index (χ0) is 25.0. The summed E-state index contributed by atoms with van der Waals surface area (Å²) in [4.78, 5) is 33.7. The number of rotatable bonds is 7. The smallest absolute Gasteiger partial charge is 0.410 e. The summed E-state index contributed by atoms with van der Waals surface area (Å²) in [6, 6.07) is 9.84. The third kappa shape index (κ3) is 5.79. The van der Waals surface area contributed by atoms with Gasteiger partial charge in [0.25, 0.3) is 6.47 Å². The quantitative estimate of drug-likeness (QED) is 0.394. The molecule has 0 fully saturated rings. The van der Waals surface area contributed by atoms with Gasteiger partial charge in [-0.05, 0) is 62.1 Å². The number of aromatic nitrogens is 2. The minimum atomic E-state index is -0.522. The Kier molecular flexibility index (Phi) is 7.04. The molecule has 2 aromatic heterocycles. The van der Waals surface area contributed by atoms with Crippen LogP contribution in [-0.2, 0) is 33.7 Å². The van der Waals surface area contributed by atoms with Gasteiger partial charge in [-0.1, -0.05) is 6.07 Å². The summed E-state index contributed by atoms with van der Waals surface area (Å²) in [5.41, 5.74) is 4.97. The largest absolute Gasteiger partial charge is 0.481 e. The van der Waals surface area contributed by atoms with Crippen LogP contribution < -0.4 is 10.1 Å². The maximum Gasteiger partial charge on any atom is 0.410 e. The van der Waals surface area contributed by atoms with Crippen molar-refractivity contribution in [3.05, 3.63) is 53.2 Å². The fourth-order valence-electron chi connectivity index (χ4n) is 4.03. The van der Waals surface area contributed by atoms with Gasteiger partial charge in [0.15, 0.2) is 5.65 Å². The Bertz CT molecular complexity index is 1240. The molecule has 0 saturated carbocycles. The molecule has 0 radical (unpaired) electrons. The molecule has 4 rings (SSSR count). The molecular weight excluding hydrogens is 448 g/mol. The van der Waals surface area contributed by atoms with Gasteiger partial charge in [0, 0.05) is 42.8 Å². The normalized spacial score (nSPS) is 13.2. The molecule has 1 N–H and O–H groups in total. The predicted molar refractivity (Wildman–Crippen MR) is 132 cm³/mol. The Morgan fingerprint density at radius 1 is 1.20 bits per heavy atom. The summed E-state index contributed by atoms with van der Waals surface area (Å²) < 4.78 is 15.7. The van der Waals surface area contributed by atoms with Gasteiger partial charge in [-0.2, -0.15) is 4.98 Å². The molecule has 184 valence electrons. The van der Waals surface area contributed by atoms with E-state index < -0.39 is 5.60 Å². The average Bonchev–Trinajstić information content (AvgIpc) is 2.83. The monoisotopic (exact) mass is 478 g/mol.